The molecule has 0 spiro atoms. The van der Waals surface area contributed by atoms with Gasteiger partial charge in [0, 0.05) is 22.8 Å². The SMILES string of the molecule is Cc1cc(C(C)CCCc2ccccc2C(=O)O)c2oc(-c3ccc4cc[nH]c4c3)c(C)c(=O)c2c1. The second-order valence-corrected chi connectivity index (χ2v) is 9.65. The van der Waals surface area contributed by atoms with Gasteiger partial charge in [0.25, 0.3) is 0 Å². The van der Waals surface area contributed by atoms with Crippen LogP contribution in [0.1, 0.15) is 58.3 Å². The van der Waals surface area contributed by atoms with Gasteiger partial charge in [-0.15, -0.1) is 0 Å². The number of aromatic carboxylic acids is 1. The number of hydrogen-bond donors (Lipinski definition) is 2. The number of carboxylic acid groups (broad SMARTS) is 1. The van der Waals surface area contributed by atoms with Crippen molar-refractivity contribution in [3.63, 3.8) is 0 Å². The summed E-state index contributed by atoms with van der Waals surface area (Å²) in [5.41, 5.74) is 6.32. The summed E-state index contributed by atoms with van der Waals surface area (Å²) in [6.45, 7) is 5.97. The molecule has 5 aromatic rings. The maximum Gasteiger partial charge on any atom is 0.335 e. The van der Waals surface area contributed by atoms with Crippen LogP contribution in [0.2, 0.25) is 0 Å². The molecule has 0 bridgehead atoms. The highest BCUT2D eigenvalue weighted by Crippen LogP contribution is 2.34. The topological polar surface area (TPSA) is 83.3 Å². The van der Waals surface area contributed by atoms with Crippen LogP contribution in [0, 0.1) is 13.8 Å². The predicted molar refractivity (Wildman–Crippen MR) is 144 cm³/mol. The highest BCUT2D eigenvalue weighted by Gasteiger charge is 2.19. The average Bonchev–Trinajstić information content (AvgIpc) is 3.34. The molecule has 2 aromatic heterocycles. The lowest BCUT2D eigenvalue weighted by molar-refractivity contribution is 0.0695. The Balaban J connectivity index is 1.51. The Kier molecular flexibility index (Phi) is 6.23. The quantitative estimate of drug-likeness (QED) is 0.255. The third kappa shape index (κ3) is 4.33. The zero-order valence-electron chi connectivity index (χ0n) is 20.7. The van der Waals surface area contributed by atoms with Crippen LogP contribution >= 0.6 is 0 Å². The fourth-order valence-electron chi connectivity index (χ4n) is 5.10. The molecular formula is C31H29NO4. The number of carboxylic acids is 1. The summed E-state index contributed by atoms with van der Waals surface area (Å²) in [4.78, 5) is 28.2. The number of rotatable bonds is 7. The molecular weight excluding hydrogens is 450 g/mol. The largest absolute Gasteiger partial charge is 0.478 e. The zero-order valence-corrected chi connectivity index (χ0v) is 20.7. The number of aromatic amines is 1. The van der Waals surface area contributed by atoms with Crippen LogP contribution in [-0.2, 0) is 6.42 Å². The van der Waals surface area contributed by atoms with Gasteiger partial charge in [0.05, 0.1) is 10.9 Å². The summed E-state index contributed by atoms with van der Waals surface area (Å²) in [6, 6.07) is 19.2. The van der Waals surface area contributed by atoms with Gasteiger partial charge in [0.2, 0.25) is 0 Å². The number of aromatic nitrogens is 1. The first-order valence-electron chi connectivity index (χ1n) is 12.3. The minimum absolute atomic E-state index is 0.00892. The summed E-state index contributed by atoms with van der Waals surface area (Å²) in [7, 11) is 0. The first-order chi connectivity index (χ1) is 17.3. The molecule has 36 heavy (non-hydrogen) atoms. The van der Waals surface area contributed by atoms with Crippen LogP contribution in [0.5, 0.6) is 0 Å². The van der Waals surface area contributed by atoms with Gasteiger partial charge in [-0.3, -0.25) is 4.79 Å². The first-order valence-corrected chi connectivity index (χ1v) is 12.3. The minimum Gasteiger partial charge on any atom is -0.478 e. The Morgan fingerprint density at radius 2 is 1.86 bits per heavy atom. The molecule has 0 aliphatic carbocycles. The number of nitrogens with one attached hydrogen (secondary N) is 1. The van der Waals surface area contributed by atoms with Gasteiger partial charge in [0.1, 0.15) is 11.3 Å². The van der Waals surface area contributed by atoms with E-state index in [1.54, 1.807) is 12.1 Å². The molecule has 0 aliphatic heterocycles. The summed E-state index contributed by atoms with van der Waals surface area (Å²) < 4.78 is 6.52. The maximum absolute atomic E-state index is 13.4. The van der Waals surface area contributed by atoms with Gasteiger partial charge in [-0.2, -0.15) is 0 Å². The lowest BCUT2D eigenvalue weighted by atomic mass is 9.90. The average molecular weight is 480 g/mol. The summed E-state index contributed by atoms with van der Waals surface area (Å²) in [5, 5.41) is 11.2. The second-order valence-electron chi connectivity index (χ2n) is 9.65. The van der Waals surface area contributed by atoms with Crippen molar-refractivity contribution < 1.29 is 14.3 Å². The van der Waals surface area contributed by atoms with Crippen LogP contribution in [0.15, 0.2) is 76.1 Å². The highest BCUT2D eigenvalue weighted by molar-refractivity contribution is 5.89. The Morgan fingerprint density at radius 1 is 1.06 bits per heavy atom. The molecule has 1 atom stereocenters. The third-order valence-corrected chi connectivity index (χ3v) is 7.07. The zero-order chi connectivity index (χ0) is 25.4. The normalized spacial score (nSPS) is 12.3. The van der Waals surface area contributed by atoms with Crippen LogP contribution in [-0.4, -0.2) is 16.1 Å². The summed E-state index contributed by atoms with van der Waals surface area (Å²) >= 11 is 0. The number of carbonyl (C=O) groups is 1. The van der Waals surface area contributed by atoms with E-state index in [4.69, 9.17) is 4.42 Å². The van der Waals surface area contributed by atoms with Gasteiger partial charge >= 0.3 is 5.97 Å². The molecule has 0 amide bonds. The Hall–Kier alpha value is -4.12. The number of fused-ring (bicyclic) bond motifs is 2. The van der Waals surface area contributed by atoms with Gasteiger partial charge in [-0.25, -0.2) is 4.79 Å². The lowest BCUT2D eigenvalue weighted by Crippen LogP contribution is -2.10. The molecule has 0 radical (unpaired) electrons. The van der Waals surface area contributed by atoms with E-state index in [1.165, 1.54) is 0 Å². The Bertz CT molecular complexity index is 1660. The molecule has 1 unspecified atom stereocenters. The molecule has 0 aliphatic rings. The molecule has 5 rings (SSSR count). The Labute approximate surface area is 209 Å². The van der Waals surface area contributed by atoms with Crippen molar-refractivity contribution in [3.8, 4) is 11.3 Å². The smallest absolute Gasteiger partial charge is 0.335 e. The van der Waals surface area contributed by atoms with E-state index in [2.05, 4.69) is 18.0 Å². The van der Waals surface area contributed by atoms with Crippen LogP contribution < -0.4 is 5.43 Å². The molecule has 2 N–H and O–H groups in total. The number of benzene rings is 3. The van der Waals surface area contributed by atoms with Crippen LogP contribution in [0.3, 0.4) is 0 Å². The molecule has 0 saturated carbocycles. The van der Waals surface area contributed by atoms with Crippen LogP contribution in [0.4, 0.5) is 0 Å². The molecule has 5 nitrogen and oxygen atoms in total. The number of aryl methyl sites for hydroxylation is 2. The monoisotopic (exact) mass is 479 g/mol. The van der Waals surface area contributed by atoms with E-state index in [1.807, 2.05) is 62.5 Å². The summed E-state index contributed by atoms with van der Waals surface area (Å²) in [5.74, 6) is -0.170. The van der Waals surface area contributed by atoms with Gasteiger partial charge < -0.3 is 14.5 Å². The van der Waals surface area contributed by atoms with Crippen molar-refractivity contribution in [1.29, 1.82) is 0 Å². The molecule has 3 aromatic carbocycles. The predicted octanol–water partition coefficient (Wildman–Crippen LogP) is 7.38. The second kappa shape index (κ2) is 9.50. The molecule has 2 heterocycles. The maximum atomic E-state index is 13.4. The van der Waals surface area contributed by atoms with E-state index < -0.39 is 5.97 Å². The van der Waals surface area contributed by atoms with Gasteiger partial charge in [-0.05, 0) is 85.4 Å². The van der Waals surface area contributed by atoms with Crippen LogP contribution in [0.25, 0.3) is 33.2 Å². The van der Waals surface area contributed by atoms with E-state index >= 15 is 0 Å². The minimum atomic E-state index is -0.898. The first kappa shape index (κ1) is 23.6. The van der Waals surface area contributed by atoms with E-state index in [0.29, 0.717) is 34.3 Å². The van der Waals surface area contributed by atoms with Gasteiger partial charge in [-0.1, -0.05) is 43.3 Å². The number of H-pyrrole nitrogens is 1. The van der Waals surface area contributed by atoms with E-state index in [0.717, 1.165) is 46.0 Å². The fraction of sp³-hybridized carbons (Fsp3) is 0.226. The van der Waals surface area contributed by atoms with Crippen molar-refractivity contribution in [2.45, 2.75) is 46.0 Å². The summed E-state index contributed by atoms with van der Waals surface area (Å²) in [6.07, 6.45) is 4.25. The Morgan fingerprint density at radius 3 is 2.67 bits per heavy atom. The van der Waals surface area contributed by atoms with Gasteiger partial charge in [0.15, 0.2) is 5.43 Å². The number of hydrogen-bond acceptors (Lipinski definition) is 3. The highest BCUT2D eigenvalue weighted by atomic mass is 16.4. The standard InChI is InChI=1S/C31H29NO4/c1-18-15-25(19(2)7-6-9-21-8-4-5-10-24(21)31(34)35)30-26(16-18)28(33)20(3)29(36-30)23-12-11-22-13-14-32-27(22)17-23/h4-5,8,10-17,19,32H,6-7,9H2,1-3H3,(H,34,35). The molecule has 0 fully saturated rings. The molecule has 5 heteroatoms. The van der Waals surface area contributed by atoms with Crippen molar-refractivity contribution in [2.24, 2.45) is 0 Å². The third-order valence-electron chi connectivity index (χ3n) is 7.07. The fourth-order valence-corrected chi connectivity index (χ4v) is 5.10. The molecule has 182 valence electrons. The molecule has 0 saturated heterocycles. The van der Waals surface area contributed by atoms with Crippen molar-refractivity contribution in [2.75, 3.05) is 0 Å². The van der Waals surface area contributed by atoms with E-state index in [9.17, 15) is 14.7 Å². The van der Waals surface area contributed by atoms with E-state index in [-0.39, 0.29) is 11.3 Å². The lowest BCUT2D eigenvalue weighted by Gasteiger charge is -2.17. The van der Waals surface area contributed by atoms with Crippen molar-refractivity contribution >= 4 is 27.8 Å². The van der Waals surface area contributed by atoms with Crippen molar-refractivity contribution in [3.05, 3.63) is 105 Å². The van der Waals surface area contributed by atoms with Crippen molar-refractivity contribution in [1.82, 2.24) is 4.98 Å².